The summed E-state index contributed by atoms with van der Waals surface area (Å²) in [6, 6.07) is 5.16. The van der Waals surface area contributed by atoms with Crippen molar-refractivity contribution in [3.05, 3.63) is 41.0 Å². The van der Waals surface area contributed by atoms with Crippen LogP contribution in [0.1, 0.15) is 78.4 Å². The molecule has 1 aromatic heterocycles. The summed E-state index contributed by atoms with van der Waals surface area (Å²) < 4.78 is 6.02. The first kappa shape index (κ1) is 19.0. The van der Waals surface area contributed by atoms with Crippen molar-refractivity contribution in [2.24, 2.45) is 0 Å². The predicted octanol–water partition coefficient (Wildman–Crippen LogP) is 3.46. The van der Waals surface area contributed by atoms with Crippen molar-refractivity contribution in [1.29, 1.82) is 0 Å². The van der Waals surface area contributed by atoms with Crippen molar-refractivity contribution >= 4 is 17.7 Å². The second-order valence-corrected chi connectivity index (χ2v) is 8.55. The number of fused-ring (bicyclic) bond motifs is 1. The first-order valence-electron chi connectivity index (χ1n) is 10.8. The Kier molecular flexibility index (Phi) is 4.68. The van der Waals surface area contributed by atoms with Gasteiger partial charge < -0.3 is 9.32 Å². The lowest BCUT2D eigenvalue weighted by Gasteiger charge is -2.29. The molecule has 3 amide bonds. The molecule has 1 aromatic carbocycles. The number of piperidine rings is 1. The molecule has 2 aromatic rings. The second-order valence-electron chi connectivity index (χ2n) is 8.55. The Balaban J connectivity index is 1.44. The quantitative estimate of drug-likeness (QED) is 0.787. The van der Waals surface area contributed by atoms with Gasteiger partial charge in [-0.05, 0) is 37.0 Å². The Labute approximate surface area is 174 Å². The highest BCUT2D eigenvalue weighted by Crippen LogP contribution is 2.39. The number of nitrogens with zero attached hydrogens (tertiary/aromatic N) is 2. The molecule has 0 spiro atoms. The van der Waals surface area contributed by atoms with E-state index in [-0.39, 0.29) is 24.1 Å². The summed E-state index contributed by atoms with van der Waals surface area (Å²) in [4.78, 5) is 42.9. The van der Waals surface area contributed by atoms with E-state index in [2.05, 4.69) is 10.3 Å². The average molecular weight is 407 g/mol. The van der Waals surface area contributed by atoms with Gasteiger partial charge >= 0.3 is 0 Å². The SMILES string of the molecule is Cc1nc(-c2ccc3c(c2)CN(C2CCC(=O)NC2=O)C3=O)c(C2CCCCC2)o1. The minimum absolute atomic E-state index is 0.158. The van der Waals surface area contributed by atoms with Gasteiger partial charge in [-0.3, -0.25) is 19.7 Å². The molecule has 1 aliphatic carbocycles. The molecule has 3 heterocycles. The summed E-state index contributed by atoms with van der Waals surface area (Å²) in [6.45, 7) is 2.24. The Hall–Kier alpha value is -2.96. The molecule has 0 radical (unpaired) electrons. The smallest absolute Gasteiger partial charge is 0.255 e. The number of rotatable bonds is 3. The summed E-state index contributed by atoms with van der Waals surface area (Å²) in [5.41, 5.74) is 3.32. The summed E-state index contributed by atoms with van der Waals surface area (Å²) in [7, 11) is 0. The largest absolute Gasteiger partial charge is 0.445 e. The van der Waals surface area contributed by atoms with Gasteiger partial charge in [-0.2, -0.15) is 0 Å². The van der Waals surface area contributed by atoms with Gasteiger partial charge in [0.2, 0.25) is 11.8 Å². The Morgan fingerprint density at radius 2 is 1.90 bits per heavy atom. The number of oxazole rings is 1. The number of carbonyl (C=O) groups is 3. The van der Waals surface area contributed by atoms with E-state index in [4.69, 9.17) is 4.42 Å². The lowest BCUT2D eigenvalue weighted by Crippen LogP contribution is -2.52. The van der Waals surface area contributed by atoms with E-state index in [0.717, 1.165) is 35.4 Å². The fourth-order valence-corrected chi connectivity index (χ4v) is 5.01. The zero-order valence-corrected chi connectivity index (χ0v) is 17.1. The maximum atomic E-state index is 12.9. The number of carbonyl (C=O) groups excluding carboxylic acids is 3. The van der Waals surface area contributed by atoms with Crippen LogP contribution in [-0.4, -0.2) is 33.6 Å². The van der Waals surface area contributed by atoms with Crippen LogP contribution in [0.25, 0.3) is 11.3 Å². The third-order valence-electron chi connectivity index (χ3n) is 6.53. The Morgan fingerprint density at radius 3 is 2.67 bits per heavy atom. The van der Waals surface area contributed by atoms with E-state index in [1.165, 1.54) is 19.3 Å². The zero-order chi connectivity index (χ0) is 20.8. The fourth-order valence-electron chi connectivity index (χ4n) is 5.01. The van der Waals surface area contributed by atoms with Crippen molar-refractivity contribution in [1.82, 2.24) is 15.2 Å². The summed E-state index contributed by atoms with van der Waals surface area (Å²) in [6.07, 6.45) is 6.56. The molecule has 2 aliphatic heterocycles. The number of nitrogens with one attached hydrogen (secondary N) is 1. The van der Waals surface area contributed by atoms with Crippen LogP contribution in [0.3, 0.4) is 0 Å². The summed E-state index contributed by atoms with van der Waals surface area (Å²) in [5, 5.41) is 2.34. The van der Waals surface area contributed by atoms with Crippen LogP contribution in [0.5, 0.6) is 0 Å². The van der Waals surface area contributed by atoms with Gasteiger partial charge in [0.15, 0.2) is 5.89 Å². The van der Waals surface area contributed by atoms with Crippen LogP contribution < -0.4 is 5.32 Å². The number of hydrogen-bond donors (Lipinski definition) is 1. The number of aryl methyl sites for hydroxylation is 1. The Bertz CT molecular complexity index is 1040. The van der Waals surface area contributed by atoms with Gasteiger partial charge in [0.05, 0.1) is 0 Å². The molecule has 1 atom stereocenters. The molecule has 1 saturated heterocycles. The lowest BCUT2D eigenvalue weighted by atomic mass is 9.86. The van der Waals surface area contributed by atoms with Crippen LogP contribution >= 0.6 is 0 Å². The van der Waals surface area contributed by atoms with Crippen LogP contribution in [0.2, 0.25) is 0 Å². The van der Waals surface area contributed by atoms with Gasteiger partial charge in [0.1, 0.15) is 17.5 Å². The normalized spacial score (nSPS) is 22.4. The maximum absolute atomic E-state index is 12.9. The van der Waals surface area contributed by atoms with Gasteiger partial charge in [0.25, 0.3) is 5.91 Å². The van der Waals surface area contributed by atoms with E-state index in [9.17, 15) is 14.4 Å². The molecule has 1 saturated carbocycles. The third kappa shape index (κ3) is 3.22. The highest BCUT2D eigenvalue weighted by molar-refractivity contribution is 6.05. The van der Waals surface area contributed by atoms with Crippen LogP contribution in [0, 0.1) is 6.92 Å². The van der Waals surface area contributed by atoms with Crippen molar-refractivity contribution in [3.63, 3.8) is 0 Å². The first-order valence-corrected chi connectivity index (χ1v) is 10.8. The van der Waals surface area contributed by atoms with E-state index in [1.807, 2.05) is 25.1 Å². The summed E-state index contributed by atoms with van der Waals surface area (Å²) in [5.74, 6) is 1.18. The van der Waals surface area contributed by atoms with Crippen molar-refractivity contribution in [2.45, 2.75) is 70.4 Å². The van der Waals surface area contributed by atoms with Gasteiger partial charge in [-0.1, -0.05) is 25.3 Å². The standard InChI is InChI=1S/C23H25N3O4/c1-13-24-20(21(30-13)14-5-3-2-4-6-14)15-7-8-17-16(11-15)12-26(23(17)29)18-9-10-19(27)25-22(18)28/h7-8,11,14,18H,2-6,9-10,12H2,1H3,(H,25,27,28). The zero-order valence-electron chi connectivity index (χ0n) is 17.1. The number of aromatic nitrogens is 1. The van der Waals surface area contributed by atoms with Crippen LogP contribution in [0.15, 0.2) is 22.6 Å². The van der Waals surface area contributed by atoms with Gasteiger partial charge in [-0.25, -0.2) is 4.98 Å². The van der Waals surface area contributed by atoms with E-state index in [1.54, 1.807) is 4.90 Å². The second kappa shape index (κ2) is 7.38. The number of hydrogen-bond acceptors (Lipinski definition) is 5. The van der Waals surface area contributed by atoms with Crippen molar-refractivity contribution < 1.29 is 18.8 Å². The van der Waals surface area contributed by atoms with Crippen LogP contribution in [-0.2, 0) is 16.1 Å². The maximum Gasteiger partial charge on any atom is 0.255 e. The summed E-state index contributed by atoms with van der Waals surface area (Å²) >= 11 is 0. The molecule has 1 unspecified atom stereocenters. The van der Waals surface area contributed by atoms with Crippen LogP contribution in [0.4, 0.5) is 0 Å². The van der Waals surface area contributed by atoms with Gasteiger partial charge in [0, 0.05) is 36.9 Å². The van der Waals surface area contributed by atoms with Gasteiger partial charge in [-0.15, -0.1) is 0 Å². The molecular formula is C23H25N3O4. The molecule has 7 heteroatoms. The minimum Gasteiger partial charge on any atom is -0.445 e. The highest BCUT2D eigenvalue weighted by Gasteiger charge is 2.39. The molecular weight excluding hydrogens is 382 g/mol. The molecule has 3 aliphatic rings. The number of amides is 3. The first-order chi connectivity index (χ1) is 14.5. The molecule has 156 valence electrons. The third-order valence-corrected chi connectivity index (χ3v) is 6.53. The topological polar surface area (TPSA) is 92.5 Å². The molecule has 1 N–H and O–H groups in total. The number of imide groups is 1. The van der Waals surface area contributed by atoms with Crippen molar-refractivity contribution in [2.75, 3.05) is 0 Å². The fraction of sp³-hybridized carbons (Fsp3) is 0.478. The molecule has 7 nitrogen and oxygen atoms in total. The highest BCUT2D eigenvalue weighted by atomic mass is 16.4. The molecule has 30 heavy (non-hydrogen) atoms. The predicted molar refractivity (Wildman–Crippen MR) is 109 cm³/mol. The van der Waals surface area contributed by atoms with Crippen molar-refractivity contribution in [3.8, 4) is 11.3 Å². The molecule has 2 fully saturated rings. The lowest BCUT2D eigenvalue weighted by molar-refractivity contribution is -0.136. The monoisotopic (exact) mass is 407 g/mol. The molecule has 5 rings (SSSR count). The van der Waals surface area contributed by atoms with E-state index >= 15 is 0 Å². The minimum atomic E-state index is -0.599. The average Bonchev–Trinajstić information content (AvgIpc) is 3.29. The van der Waals surface area contributed by atoms with E-state index < -0.39 is 6.04 Å². The van der Waals surface area contributed by atoms with E-state index in [0.29, 0.717) is 30.3 Å². The Morgan fingerprint density at radius 1 is 1.10 bits per heavy atom. The number of benzene rings is 1. The molecule has 0 bridgehead atoms.